The lowest BCUT2D eigenvalue weighted by atomic mass is 10.1. The smallest absolute Gasteiger partial charge is 0.254 e. The van der Waals surface area contributed by atoms with Crippen molar-refractivity contribution in [1.82, 2.24) is 15.3 Å². The molecule has 0 saturated heterocycles. The van der Waals surface area contributed by atoms with Crippen LogP contribution in [0, 0.1) is 13.8 Å². The molecule has 0 radical (unpaired) electrons. The third-order valence-electron chi connectivity index (χ3n) is 4.35. The van der Waals surface area contributed by atoms with Crippen LogP contribution in [-0.2, 0) is 6.42 Å². The molecule has 3 aromatic rings. The van der Waals surface area contributed by atoms with Gasteiger partial charge in [-0.05, 0) is 49.4 Å². The molecule has 3 rings (SSSR count). The van der Waals surface area contributed by atoms with Gasteiger partial charge in [-0.3, -0.25) is 4.79 Å². The van der Waals surface area contributed by atoms with Crippen molar-refractivity contribution in [2.45, 2.75) is 26.7 Å². The number of carbonyl (C=O) groups is 1. The lowest BCUT2D eigenvalue weighted by molar-refractivity contribution is 0.0952. The van der Waals surface area contributed by atoms with Crippen LogP contribution in [0.2, 0.25) is 5.02 Å². The number of anilines is 2. The average Bonchev–Trinajstić information content (AvgIpc) is 2.69. The van der Waals surface area contributed by atoms with Gasteiger partial charge in [0, 0.05) is 18.9 Å². The normalized spacial score (nSPS) is 10.5. The van der Waals surface area contributed by atoms with Gasteiger partial charge >= 0.3 is 0 Å². The minimum absolute atomic E-state index is 0.177. The molecule has 6 heteroatoms. The van der Waals surface area contributed by atoms with Gasteiger partial charge in [-0.2, -0.15) is 0 Å². The Balaban J connectivity index is 1.53. The number of amides is 1. The zero-order chi connectivity index (χ0) is 19.9. The van der Waals surface area contributed by atoms with Crippen molar-refractivity contribution in [3.8, 4) is 0 Å². The van der Waals surface area contributed by atoms with Crippen LogP contribution in [0.3, 0.4) is 0 Å². The van der Waals surface area contributed by atoms with Gasteiger partial charge in [0.25, 0.3) is 5.91 Å². The molecule has 0 atom stereocenters. The zero-order valence-corrected chi connectivity index (χ0v) is 16.8. The largest absolute Gasteiger partial charge is 0.352 e. The summed E-state index contributed by atoms with van der Waals surface area (Å²) in [5.74, 6) is 0.221. The number of carbonyl (C=O) groups excluding carboxylic acids is 1. The van der Waals surface area contributed by atoms with Crippen LogP contribution in [0.4, 0.5) is 11.6 Å². The van der Waals surface area contributed by atoms with E-state index < -0.39 is 0 Å². The highest BCUT2D eigenvalue weighted by Gasteiger charge is 2.10. The Hall–Kier alpha value is -2.92. The number of nitrogens with zero attached hydrogens (tertiary/aromatic N) is 2. The number of rotatable bonds is 7. The number of nitrogens with one attached hydrogen (secondary N) is 2. The zero-order valence-electron chi connectivity index (χ0n) is 16.0. The number of aromatic nitrogens is 2. The van der Waals surface area contributed by atoms with Gasteiger partial charge in [0.1, 0.15) is 0 Å². The molecular weight excluding hydrogens is 372 g/mol. The minimum Gasteiger partial charge on any atom is -0.352 e. The molecule has 0 aliphatic carbocycles. The van der Waals surface area contributed by atoms with E-state index in [9.17, 15) is 4.79 Å². The van der Waals surface area contributed by atoms with Gasteiger partial charge in [-0.1, -0.05) is 48.0 Å². The molecule has 2 aromatic carbocycles. The Kier molecular flexibility index (Phi) is 6.61. The number of hydrogen-bond donors (Lipinski definition) is 2. The van der Waals surface area contributed by atoms with E-state index in [0.29, 0.717) is 23.1 Å². The van der Waals surface area contributed by atoms with Crippen molar-refractivity contribution in [3.05, 3.63) is 82.1 Å². The molecule has 0 aliphatic heterocycles. The fourth-order valence-corrected chi connectivity index (χ4v) is 3.31. The minimum atomic E-state index is -0.177. The molecule has 1 heterocycles. The molecule has 0 fully saturated rings. The Bertz CT molecular complexity index is 920. The molecule has 0 unspecified atom stereocenters. The second-order valence-corrected chi connectivity index (χ2v) is 7.11. The van der Waals surface area contributed by atoms with Crippen molar-refractivity contribution in [3.63, 3.8) is 0 Å². The number of aryl methyl sites for hydroxylation is 3. The highest BCUT2D eigenvalue weighted by Crippen LogP contribution is 2.29. The summed E-state index contributed by atoms with van der Waals surface area (Å²) in [6, 6.07) is 14.1. The maximum Gasteiger partial charge on any atom is 0.254 e. The second-order valence-electron chi connectivity index (χ2n) is 6.70. The first-order valence-electron chi connectivity index (χ1n) is 9.21. The van der Waals surface area contributed by atoms with E-state index in [-0.39, 0.29) is 5.91 Å². The molecule has 1 amide bonds. The number of halogens is 1. The van der Waals surface area contributed by atoms with Crippen molar-refractivity contribution in [1.29, 1.82) is 0 Å². The molecule has 144 valence electrons. The second kappa shape index (κ2) is 9.33. The van der Waals surface area contributed by atoms with E-state index in [1.54, 1.807) is 0 Å². The van der Waals surface area contributed by atoms with Crippen molar-refractivity contribution in [2.75, 3.05) is 11.9 Å². The Morgan fingerprint density at radius 3 is 2.46 bits per heavy atom. The van der Waals surface area contributed by atoms with Gasteiger partial charge in [-0.15, -0.1) is 0 Å². The van der Waals surface area contributed by atoms with Crippen LogP contribution in [0.25, 0.3) is 0 Å². The summed E-state index contributed by atoms with van der Waals surface area (Å²) < 4.78 is 0. The van der Waals surface area contributed by atoms with E-state index in [1.165, 1.54) is 18.0 Å². The first-order valence-corrected chi connectivity index (χ1v) is 9.58. The van der Waals surface area contributed by atoms with E-state index in [4.69, 9.17) is 11.6 Å². The molecular formula is C22H23ClN4O. The van der Waals surface area contributed by atoms with E-state index >= 15 is 0 Å². The third-order valence-corrected chi connectivity index (χ3v) is 4.65. The lowest BCUT2D eigenvalue weighted by Crippen LogP contribution is -2.25. The molecule has 28 heavy (non-hydrogen) atoms. The average molecular weight is 395 g/mol. The summed E-state index contributed by atoms with van der Waals surface area (Å²) in [7, 11) is 0. The summed E-state index contributed by atoms with van der Waals surface area (Å²) in [5.41, 5.74) is 4.56. The topological polar surface area (TPSA) is 66.9 Å². The SMILES string of the molecule is Cc1cc(C)c(Nc2ncc(C(=O)NCCCc3ccccc3)cn2)c(Cl)c1. The third kappa shape index (κ3) is 5.30. The summed E-state index contributed by atoms with van der Waals surface area (Å²) in [6.07, 6.45) is 4.83. The van der Waals surface area contributed by atoms with Gasteiger partial charge in [0.15, 0.2) is 0 Å². The van der Waals surface area contributed by atoms with Crippen LogP contribution < -0.4 is 10.6 Å². The molecule has 1 aromatic heterocycles. The molecule has 2 N–H and O–H groups in total. The Labute approximate surface area is 170 Å². The summed E-state index contributed by atoms with van der Waals surface area (Å²) in [5, 5.41) is 6.63. The quantitative estimate of drug-likeness (QED) is 0.562. The van der Waals surface area contributed by atoms with Gasteiger partial charge in [0.2, 0.25) is 5.95 Å². The van der Waals surface area contributed by atoms with Crippen molar-refractivity contribution >= 4 is 29.1 Å². The van der Waals surface area contributed by atoms with E-state index in [0.717, 1.165) is 29.7 Å². The maximum absolute atomic E-state index is 12.2. The molecule has 0 saturated carbocycles. The molecule has 0 aliphatic rings. The molecule has 0 spiro atoms. The van der Waals surface area contributed by atoms with Gasteiger partial charge < -0.3 is 10.6 Å². The van der Waals surface area contributed by atoms with Crippen LogP contribution in [-0.4, -0.2) is 22.4 Å². The van der Waals surface area contributed by atoms with Gasteiger partial charge in [0.05, 0.1) is 16.3 Å². The van der Waals surface area contributed by atoms with Crippen molar-refractivity contribution in [2.24, 2.45) is 0 Å². The Morgan fingerprint density at radius 1 is 1.07 bits per heavy atom. The van der Waals surface area contributed by atoms with Gasteiger partial charge in [-0.25, -0.2) is 9.97 Å². The monoisotopic (exact) mass is 394 g/mol. The predicted molar refractivity (Wildman–Crippen MR) is 113 cm³/mol. The first kappa shape index (κ1) is 19.8. The van der Waals surface area contributed by atoms with Crippen LogP contribution in [0.1, 0.15) is 33.5 Å². The fourth-order valence-electron chi connectivity index (χ4n) is 2.94. The van der Waals surface area contributed by atoms with Crippen LogP contribution in [0.15, 0.2) is 54.9 Å². The lowest BCUT2D eigenvalue weighted by Gasteiger charge is -2.11. The molecule has 5 nitrogen and oxygen atoms in total. The van der Waals surface area contributed by atoms with Crippen molar-refractivity contribution < 1.29 is 4.79 Å². The highest BCUT2D eigenvalue weighted by atomic mass is 35.5. The highest BCUT2D eigenvalue weighted by molar-refractivity contribution is 6.33. The standard InChI is InChI=1S/C22H23ClN4O/c1-15-11-16(2)20(19(23)12-15)27-22-25-13-18(14-26-22)21(28)24-10-6-9-17-7-4-3-5-8-17/h3-5,7-8,11-14H,6,9-10H2,1-2H3,(H,24,28)(H,25,26,27). The number of hydrogen-bond acceptors (Lipinski definition) is 4. The van der Waals surface area contributed by atoms with E-state index in [1.807, 2.05) is 44.2 Å². The predicted octanol–water partition coefficient (Wildman–Crippen LogP) is 4.85. The number of benzene rings is 2. The van der Waals surface area contributed by atoms with E-state index in [2.05, 4.69) is 32.7 Å². The summed E-state index contributed by atoms with van der Waals surface area (Å²) in [6.45, 7) is 4.57. The van der Waals surface area contributed by atoms with Crippen LogP contribution >= 0.6 is 11.6 Å². The maximum atomic E-state index is 12.2. The Morgan fingerprint density at radius 2 is 1.79 bits per heavy atom. The first-order chi connectivity index (χ1) is 13.5. The molecule has 0 bridgehead atoms. The fraction of sp³-hybridized carbons (Fsp3) is 0.227. The van der Waals surface area contributed by atoms with Crippen LogP contribution in [0.5, 0.6) is 0 Å². The summed E-state index contributed by atoms with van der Waals surface area (Å²) >= 11 is 6.30. The summed E-state index contributed by atoms with van der Waals surface area (Å²) in [4.78, 5) is 20.7.